The SMILES string of the molecule is CCC(C)(NC(=O)CCc1c(C)nc(N2CCOCC2)[nH]c1=O)C(=O)O. The number of carbonyl (C=O) groups excluding carboxylic acids is 1. The Bertz CT molecular complexity index is 726. The number of nitrogens with zero attached hydrogens (tertiary/aromatic N) is 2. The van der Waals surface area contributed by atoms with Crippen molar-refractivity contribution in [2.75, 3.05) is 31.2 Å². The molecule has 0 aliphatic carbocycles. The van der Waals surface area contributed by atoms with Gasteiger partial charge in [0.15, 0.2) is 0 Å². The van der Waals surface area contributed by atoms with E-state index >= 15 is 0 Å². The Labute approximate surface area is 151 Å². The van der Waals surface area contributed by atoms with Gasteiger partial charge in [0.05, 0.1) is 13.2 Å². The van der Waals surface area contributed by atoms with E-state index in [2.05, 4.69) is 15.3 Å². The minimum absolute atomic E-state index is 0.0192. The number of hydrogen-bond donors (Lipinski definition) is 3. The summed E-state index contributed by atoms with van der Waals surface area (Å²) >= 11 is 0. The van der Waals surface area contributed by atoms with Crippen molar-refractivity contribution < 1.29 is 19.4 Å². The molecule has 1 saturated heterocycles. The van der Waals surface area contributed by atoms with Crippen molar-refractivity contribution in [3.8, 4) is 0 Å². The lowest BCUT2D eigenvalue weighted by Gasteiger charge is -2.27. The first-order chi connectivity index (χ1) is 12.3. The predicted molar refractivity (Wildman–Crippen MR) is 95.4 cm³/mol. The van der Waals surface area contributed by atoms with Crippen molar-refractivity contribution in [3.63, 3.8) is 0 Å². The molecule has 9 nitrogen and oxygen atoms in total. The van der Waals surface area contributed by atoms with Crippen molar-refractivity contribution in [2.24, 2.45) is 0 Å². The maximum absolute atomic E-state index is 12.4. The quantitative estimate of drug-likeness (QED) is 0.630. The molecule has 0 aromatic carbocycles. The highest BCUT2D eigenvalue weighted by Gasteiger charge is 2.32. The van der Waals surface area contributed by atoms with Crippen LogP contribution in [0.3, 0.4) is 0 Å². The monoisotopic (exact) mass is 366 g/mol. The second-order valence-electron chi connectivity index (χ2n) is 6.59. The Balaban J connectivity index is 2.04. The van der Waals surface area contributed by atoms with Gasteiger partial charge >= 0.3 is 5.97 Å². The molecule has 3 N–H and O–H groups in total. The van der Waals surface area contributed by atoms with Gasteiger partial charge in [0.2, 0.25) is 11.9 Å². The highest BCUT2D eigenvalue weighted by Crippen LogP contribution is 2.13. The summed E-state index contributed by atoms with van der Waals surface area (Å²) in [6, 6.07) is 0. The number of H-pyrrole nitrogens is 1. The van der Waals surface area contributed by atoms with Gasteiger partial charge in [-0.3, -0.25) is 14.6 Å². The first kappa shape index (κ1) is 19.9. The number of aryl methyl sites for hydroxylation is 1. The van der Waals surface area contributed by atoms with E-state index in [1.807, 2.05) is 4.90 Å². The third-order valence-electron chi connectivity index (χ3n) is 4.72. The van der Waals surface area contributed by atoms with Gasteiger partial charge in [0, 0.05) is 30.8 Å². The van der Waals surface area contributed by atoms with Crippen LogP contribution in [-0.4, -0.2) is 58.8 Å². The van der Waals surface area contributed by atoms with Crippen LogP contribution < -0.4 is 15.8 Å². The second kappa shape index (κ2) is 8.31. The van der Waals surface area contributed by atoms with Crippen molar-refractivity contribution in [3.05, 3.63) is 21.6 Å². The van der Waals surface area contributed by atoms with Crippen LogP contribution in [0.15, 0.2) is 4.79 Å². The van der Waals surface area contributed by atoms with Crippen LogP contribution in [0.5, 0.6) is 0 Å². The van der Waals surface area contributed by atoms with Crippen LogP contribution in [-0.2, 0) is 20.7 Å². The zero-order valence-electron chi connectivity index (χ0n) is 15.4. The molecule has 0 spiro atoms. The molecule has 1 unspecified atom stereocenters. The Hall–Kier alpha value is -2.42. The molecule has 2 heterocycles. The fourth-order valence-electron chi connectivity index (χ4n) is 2.72. The summed E-state index contributed by atoms with van der Waals surface area (Å²) in [4.78, 5) is 44.9. The first-order valence-electron chi connectivity index (χ1n) is 8.73. The van der Waals surface area contributed by atoms with Crippen molar-refractivity contribution in [1.29, 1.82) is 0 Å². The molecule has 1 aromatic heterocycles. The van der Waals surface area contributed by atoms with Crippen molar-refractivity contribution >= 4 is 17.8 Å². The molecule has 1 aromatic rings. The van der Waals surface area contributed by atoms with E-state index < -0.39 is 17.4 Å². The fraction of sp³-hybridized carbons (Fsp3) is 0.647. The summed E-state index contributed by atoms with van der Waals surface area (Å²) in [6.45, 7) is 7.39. The van der Waals surface area contributed by atoms with Gasteiger partial charge in [-0.1, -0.05) is 6.92 Å². The third-order valence-corrected chi connectivity index (χ3v) is 4.72. The minimum atomic E-state index is -1.31. The molecule has 0 radical (unpaired) electrons. The Kier molecular flexibility index (Phi) is 6.36. The molecule has 144 valence electrons. The number of carbonyl (C=O) groups is 2. The van der Waals surface area contributed by atoms with Crippen LogP contribution in [0, 0.1) is 6.92 Å². The predicted octanol–water partition coefficient (Wildman–Crippen LogP) is 0.217. The normalized spacial score (nSPS) is 16.8. The zero-order chi connectivity index (χ0) is 19.3. The molecule has 9 heteroatoms. The van der Waals surface area contributed by atoms with E-state index in [1.165, 1.54) is 6.92 Å². The number of anilines is 1. The van der Waals surface area contributed by atoms with Gasteiger partial charge in [-0.05, 0) is 26.7 Å². The number of hydrogen-bond acceptors (Lipinski definition) is 6. The minimum Gasteiger partial charge on any atom is -0.480 e. The van der Waals surface area contributed by atoms with E-state index in [0.29, 0.717) is 43.5 Å². The molecular formula is C17H26N4O5. The summed E-state index contributed by atoms with van der Waals surface area (Å²) in [6.07, 6.45) is 0.484. The van der Waals surface area contributed by atoms with Gasteiger partial charge < -0.3 is 20.1 Å². The summed E-state index contributed by atoms with van der Waals surface area (Å²) in [5.41, 5.74) is -0.578. The highest BCUT2D eigenvalue weighted by atomic mass is 16.5. The summed E-state index contributed by atoms with van der Waals surface area (Å²) in [5.74, 6) is -0.986. The van der Waals surface area contributed by atoms with Crippen LogP contribution in [0.25, 0.3) is 0 Å². The molecule has 1 fully saturated rings. The number of aromatic amines is 1. The molecule has 1 amide bonds. The largest absolute Gasteiger partial charge is 0.480 e. The highest BCUT2D eigenvalue weighted by molar-refractivity contribution is 5.86. The van der Waals surface area contributed by atoms with Gasteiger partial charge in [0.1, 0.15) is 5.54 Å². The summed E-state index contributed by atoms with van der Waals surface area (Å²) < 4.78 is 5.29. The Morgan fingerprint density at radius 3 is 2.58 bits per heavy atom. The molecule has 1 aliphatic heterocycles. The average Bonchev–Trinajstić information content (AvgIpc) is 2.61. The van der Waals surface area contributed by atoms with E-state index in [9.17, 15) is 19.5 Å². The number of nitrogens with one attached hydrogen (secondary N) is 2. The van der Waals surface area contributed by atoms with E-state index in [-0.39, 0.29) is 24.8 Å². The number of carboxylic acids is 1. The first-order valence-corrected chi connectivity index (χ1v) is 8.73. The Morgan fingerprint density at radius 2 is 2.04 bits per heavy atom. The fourth-order valence-corrected chi connectivity index (χ4v) is 2.72. The number of aliphatic carboxylic acids is 1. The number of rotatable bonds is 7. The Morgan fingerprint density at radius 1 is 1.38 bits per heavy atom. The van der Waals surface area contributed by atoms with Crippen molar-refractivity contribution in [1.82, 2.24) is 15.3 Å². The molecule has 26 heavy (non-hydrogen) atoms. The smallest absolute Gasteiger partial charge is 0.329 e. The maximum Gasteiger partial charge on any atom is 0.329 e. The van der Waals surface area contributed by atoms with Crippen LogP contribution in [0.1, 0.15) is 37.9 Å². The number of amides is 1. The third kappa shape index (κ3) is 4.60. The number of carboxylic acid groups (broad SMARTS) is 1. The molecule has 1 aliphatic rings. The van der Waals surface area contributed by atoms with Gasteiger partial charge in [-0.25, -0.2) is 9.78 Å². The maximum atomic E-state index is 12.4. The number of aromatic nitrogens is 2. The second-order valence-corrected chi connectivity index (χ2v) is 6.59. The number of morpholine rings is 1. The van der Waals surface area contributed by atoms with E-state index in [0.717, 1.165) is 0 Å². The zero-order valence-corrected chi connectivity index (χ0v) is 15.4. The van der Waals surface area contributed by atoms with Crippen LogP contribution in [0.2, 0.25) is 0 Å². The summed E-state index contributed by atoms with van der Waals surface area (Å²) in [7, 11) is 0. The van der Waals surface area contributed by atoms with Gasteiger partial charge in [-0.2, -0.15) is 0 Å². The van der Waals surface area contributed by atoms with Gasteiger partial charge in [0.25, 0.3) is 5.56 Å². The van der Waals surface area contributed by atoms with Crippen LogP contribution in [0.4, 0.5) is 5.95 Å². The van der Waals surface area contributed by atoms with Crippen molar-refractivity contribution in [2.45, 2.75) is 45.6 Å². The van der Waals surface area contributed by atoms with Crippen LogP contribution >= 0.6 is 0 Å². The average molecular weight is 366 g/mol. The molecule has 1 atom stereocenters. The van der Waals surface area contributed by atoms with E-state index in [1.54, 1.807) is 13.8 Å². The van der Waals surface area contributed by atoms with Gasteiger partial charge in [-0.15, -0.1) is 0 Å². The summed E-state index contributed by atoms with van der Waals surface area (Å²) in [5, 5.41) is 11.7. The molecule has 0 saturated carbocycles. The lowest BCUT2D eigenvalue weighted by molar-refractivity contribution is -0.147. The van der Waals surface area contributed by atoms with E-state index in [4.69, 9.17) is 4.74 Å². The molecular weight excluding hydrogens is 340 g/mol. The topological polar surface area (TPSA) is 125 Å². The molecule has 2 rings (SSSR count). The lowest BCUT2D eigenvalue weighted by Crippen LogP contribution is -2.51. The number of ether oxygens (including phenoxy) is 1. The molecule has 0 bridgehead atoms. The standard InChI is InChI=1S/C17H26N4O5/c1-4-17(3,15(24)25)20-13(22)6-5-12-11(2)18-16(19-14(12)23)21-7-9-26-10-8-21/h4-10H2,1-3H3,(H,20,22)(H,24,25)(H,18,19,23). The lowest BCUT2D eigenvalue weighted by atomic mass is 9.98.